The third kappa shape index (κ3) is 4.22. The van der Waals surface area contributed by atoms with E-state index in [1.54, 1.807) is 0 Å². The van der Waals surface area contributed by atoms with Crippen molar-refractivity contribution in [3.8, 4) is 28.5 Å². The van der Waals surface area contributed by atoms with Gasteiger partial charge in [0.05, 0.1) is 29.0 Å². The van der Waals surface area contributed by atoms with Crippen molar-refractivity contribution < 1.29 is 0 Å². The Kier molecular flexibility index (Phi) is 5.85. The number of pyridine rings is 1. The van der Waals surface area contributed by atoms with Crippen molar-refractivity contribution in [3.63, 3.8) is 0 Å². The van der Waals surface area contributed by atoms with Gasteiger partial charge in [0.2, 0.25) is 0 Å². The van der Waals surface area contributed by atoms with Gasteiger partial charge in [0.15, 0.2) is 0 Å². The molecule has 0 aliphatic carbocycles. The Morgan fingerprint density at radius 3 is 2.36 bits per heavy atom. The Labute approximate surface area is 195 Å². The third-order valence-electron chi connectivity index (χ3n) is 6.70. The molecular weight excluding hydrogens is 406 g/mol. The molecule has 3 heterocycles. The number of anilines is 1. The van der Waals surface area contributed by atoms with Gasteiger partial charge < -0.3 is 14.8 Å². The molecule has 0 saturated carbocycles. The molecule has 0 radical (unpaired) electrons. The summed E-state index contributed by atoms with van der Waals surface area (Å²) in [6.07, 6.45) is 6.66. The minimum absolute atomic E-state index is 0.666. The van der Waals surface area contributed by atoms with Gasteiger partial charge in [-0.15, -0.1) is 0 Å². The van der Waals surface area contributed by atoms with E-state index in [1.807, 2.05) is 44.6 Å². The Bertz CT molecular complexity index is 1290. The van der Waals surface area contributed by atoms with Crippen LogP contribution in [0.15, 0.2) is 67.0 Å². The average molecular weight is 436 g/mol. The van der Waals surface area contributed by atoms with Crippen molar-refractivity contribution in [1.29, 1.82) is 5.26 Å². The number of benzene rings is 2. The molecule has 0 atom stereocenters. The van der Waals surface area contributed by atoms with E-state index in [9.17, 15) is 5.26 Å². The van der Waals surface area contributed by atoms with Gasteiger partial charge in [0.25, 0.3) is 0 Å². The van der Waals surface area contributed by atoms with Gasteiger partial charge in [-0.25, -0.2) is 0 Å². The Morgan fingerprint density at radius 1 is 1.00 bits per heavy atom. The standard InChI is InChI=1S/C28H29N5/c1-32(2)24-9-7-23(8-10-24)28-27(22-5-3-20(17-29)4-6-22)25-13-16-33(26(25)18-31-28)19-21-11-14-30-15-12-21/h3-10,13,16,18,21,30H,11-12,14-15,19H2,1-2H3. The lowest BCUT2D eigenvalue weighted by Gasteiger charge is -2.23. The van der Waals surface area contributed by atoms with E-state index < -0.39 is 0 Å². The number of piperidine rings is 1. The van der Waals surface area contributed by atoms with Gasteiger partial charge in [0.1, 0.15) is 0 Å². The number of nitriles is 1. The Morgan fingerprint density at radius 2 is 1.70 bits per heavy atom. The quantitative estimate of drug-likeness (QED) is 0.462. The fraction of sp³-hybridized carbons (Fsp3) is 0.286. The van der Waals surface area contributed by atoms with E-state index in [1.165, 1.54) is 23.7 Å². The van der Waals surface area contributed by atoms with Crippen LogP contribution in [0.5, 0.6) is 0 Å². The maximum absolute atomic E-state index is 9.26. The number of aromatic nitrogens is 2. The normalized spacial score (nSPS) is 14.3. The lowest BCUT2D eigenvalue weighted by atomic mass is 9.95. The van der Waals surface area contributed by atoms with E-state index in [2.05, 4.69) is 57.4 Å². The van der Waals surface area contributed by atoms with Crippen LogP contribution in [0, 0.1) is 17.2 Å². The molecule has 2 aromatic heterocycles. The first kappa shape index (κ1) is 21.2. The molecule has 5 rings (SSSR count). The Balaban J connectivity index is 1.63. The van der Waals surface area contributed by atoms with Crippen LogP contribution in [0.2, 0.25) is 0 Å². The largest absolute Gasteiger partial charge is 0.378 e. The van der Waals surface area contributed by atoms with Crippen molar-refractivity contribution in [1.82, 2.24) is 14.9 Å². The highest BCUT2D eigenvalue weighted by molar-refractivity contribution is 6.01. The zero-order valence-electron chi connectivity index (χ0n) is 19.3. The van der Waals surface area contributed by atoms with Crippen LogP contribution in [-0.2, 0) is 6.54 Å². The molecule has 0 spiro atoms. The number of hydrogen-bond donors (Lipinski definition) is 1. The average Bonchev–Trinajstić information content (AvgIpc) is 3.27. The van der Waals surface area contributed by atoms with Gasteiger partial charge in [-0.3, -0.25) is 4.98 Å². The number of nitrogens with zero attached hydrogens (tertiary/aromatic N) is 4. The van der Waals surface area contributed by atoms with Crippen molar-refractivity contribution >= 4 is 16.6 Å². The highest BCUT2D eigenvalue weighted by atomic mass is 15.1. The zero-order valence-corrected chi connectivity index (χ0v) is 19.3. The summed E-state index contributed by atoms with van der Waals surface area (Å²) in [5, 5.41) is 13.9. The molecule has 5 nitrogen and oxygen atoms in total. The summed E-state index contributed by atoms with van der Waals surface area (Å²) in [7, 11) is 4.10. The minimum Gasteiger partial charge on any atom is -0.378 e. The number of hydrogen-bond acceptors (Lipinski definition) is 4. The molecule has 1 N–H and O–H groups in total. The molecule has 2 aromatic carbocycles. The van der Waals surface area contributed by atoms with E-state index in [4.69, 9.17) is 4.98 Å². The molecule has 1 aliphatic heterocycles. The summed E-state index contributed by atoms with van der Waals surface area (Å²) in [6.45, 7) is 3.23. The van der Waals surface area contributed by atoms with Crippen molar-refractivity contribution in [2.24, 2.45) is 5.92 Å². The first-order chi connectivity index (χ1) is 16.1. The van der Waals surface area contributed by atoms with Gasteiger partial charge in [0, 0.05) is 49.0 Å². The molecule has 1 aliphatic rings. The van der Waals surface area contributed by atoms with Crippen LogP contribution < -0.4 is 10.2 Å². The predicted octanol–water partition coefficient (Wildman–Crippen LogP) is 5.31. The van der Waals surface area contributed by atoms with Crippen molar-refractivity contribution in [2.75, 3.05) is 32.1 Å². The van der Waals surface area contributed by atoms with Crippen LogP contribution in [0.25, 0.3) is 33.3 Å². The molecule has 0 bridgehead atoms. The minimum atomic E-state index is 0.666. The lowest BCUT2D eigenvalue weighted by Crippen LogP contribution is -2.29. The molecular formula is C28H29N5. The van der Waals surface area contributed by atoms with E-state index >= 15 is 0 Å². The van der Waals surface area contributed by atoms with Gasteiger partial charge in [-0.2, -0.15) is 5.26 Å². The van der Waals surface area contributed by atoms with E-state index in [0.717, 1.165) is 47.7 Å². The maximum Gasteiger partial charge on any atom is 0.0991 e. The van der Waals surface area contributed by atoms with Crippen LogP contribution in [0.3, 0.4) is 0 Å². The first-order valence-electron chi connectivity index (χ1n) is 11.6. The molecule has 0 unspecified atom stereocenters. The van der Waals surface area contributed by atoms with Crippen LogP contribution in [0.1, 0.15) is 18.4 Å². The number of nitrogens with one attached hydrogen (secondary N) is 1. The highest BCUT2D eigenvalue weighted by Gasteiger charge is 2.19. The summed E-state index contributed by atoms with van der Waals surface area (Å²) in [5.41, 5.74) is 7.26. The van der Waals surface area contributed by atoms with Crippen molar-refractivity contribution in [3.05, 3.63) is 72.6 Å². The monoisotopic (exact) mass is 435 g/mol. The molecule has 33 heavy (non-hydrogen) atoms. The molecule has 4 aromatic rings. The predicted molar refractivity (Wildman–Crippen MR) is 135 cm³/mol. The molecule has 166 valence electrons. The summed E-state index contributed by atoms with van der Waals surface area (Å²) in [6, 6.07) is 20.8. The topological polar surface area (TPSA) is 56.9 Å². The second-order valence-electron chi connectivity index (χ2n) is 9.07. The number of rotatable bonds is 5. The van der Waals surface area contributed by atoms with Gasteiger partial charge >= 0.3 is 0 Å². The zero-order chi connectivity index (χ0) is 22.8. The lowest BCUT2D eigenvalue weighted by molar-refractivity contribution is 0.337. The maximum atomic E-state index is 9.26. The SMILES string of the molecule is CN(C)c1ccc(-c2ncc3c(ccn3CC3CCNCC3)c2-c2ccc(C#N)cc2)cc1. The molecule has 1 saturated heterocycles. The fourth-order valence-electron chi connectivity index (χ4n) is 4.80. The Hall–Kier alpha value is -3.62. The summed E-state index contributed by atoms with van der Waals surface area (Å²) in [5.74, 6) is 0.693. The summed E-state index contributed by atoms with van der Waals surface area (Å²) in [4.78, 5) is 7.08. The highest BCUT2D eigenvalue weighted by Crippen LogP contribution is 2.38. The van der Waals surface area contributed by atoms with Gasteiger partial charge in [-0.1, -0.05) is 24.3 Å². The van der Waals surface area contributed by atoms with E-state index in [-0.39, 0.29) is 0 Å². The third-order valence-corrected chi connectivity index (χ3v) is 6.70. The molecule has 1 fully saturated rings. The first-order valence-corrected chi connectivity index (χ1v) is 11.6. The smallest absolute Gasteiger partial charge is 0.0991 e. The second-order valence-corrected chi connectivity index (χ2v) is 9.07. The van der Waals surface area contributed by atoms with Gasteiger partial charge in [-0.05, 0) is 67.7 Å². The summed E-state index contributed by atoms with van der Waals surface area (Å²) < 4.78 is 2.37. The fourth-order valence-corrected chi connectivity index (χ4v) is 4.80. The van der Waals surface area contributed by atoms with Crippen LogP contribution in [0.4, 0.5) is 5.69 Å². The summed E-state index contributed by atoms with van der Waals surface area (Å²) >= 11 is 0. The molecule has 5 heteroatoms. The molecule has 0 amide bonds. The van der Waals surface area contributed by atoms with Crippen molar-refractivity contribution in [2.45, 2.75) is 19.4 Å². The number of fused-ring (bicyclic) bond motifs is 1. The van der Waals surface area contributed by atoms with E-state index in [0.29, 0.717) is 11.5 Å². The second kappa shape index (κ2) is 9.09. The van der Waals surface area contributed by atoms with Crippen LogP contribution >= 0.6 is 0 Å². The van der Waals surface area contributed by atoms with Crippen LogP contribution in [-0.4, -0.2) is 36.7 Å².